The molecule has 0 aromatic carbocycles. The largest absolute Gasteiger partial charge is 0.358 e. The van der Waals surface area contributed by atoms with Crippen LogP contribution in [-0.4, -0.2) is 11.9 Å². The zero-order chi connectivity index (χ0) is 16.6. The van der Waals surface area contributed by atoms with Gasteiger partial charge in [-0.2, -0.15) is 0 Å². The molecule has 0 aliphatic heterocycles. The topological polar surface area (TPSA) is 52.6 Å². The highest BCUT2D eigenvalue weighted by atomic mass is 17.2. The predicted molar refractivity (Wildman–Crippen MR) is 88.1 cm³/mol. The fourth-order valence-electron chi connectivity index (χ4n) is 2.52. The number of carbonyl (C=O) groups excluding carboxylic acids is 2. The van der Waals surface area contributed by atoms with Crippen LogP contribution in [0.15, 0.2) is 0 Å². The van der Waals surface area contributed by atoms with Gasteiger partial charge < -0.3 is 0 Å². The molecule has 0 saturated carbocycles. The summed E-state index contributed by atoms with van der Waals surface area (Å²) in [4.78, 5) is 31.5. The second-order valence-corrected chi connectivity index (χ2v) is 6.08. The maximum Gasteiger partial charge on any atom is 0.358 e. The quantitative estimate of drug-likeness (QED) is 0.261. The molecule has 0 aliphatic rings. The van der Waals surface area contributed by atoms with E-state index in [0.717, 1.165) is 38.5 Å². The lowest BCUT2D eigenvalue weighted by atomic mass is 9.95. The van der Waals surface area contributed by atoms with E-state index in [2.05, 4.69) is 23.6 Å². The van der Waals surface area contributed by atoms with Gasteiger partial charge in [0.05, 0.1) is 5.92 Å². The van der Waals surface area contributed by atoms with Crippen LogP contribution in [0.1, 0.15) is 97.8 Å². The van der Waals surface area contributed by atoms with Crippen LogP contribution in [0, 0.1) is 5.92 Å². The summed E-state index contributed by atoms with van der Waals surface area (Å²) in [6.45, 7) is 5.56. The van der Waals surface area contributed by atoms with Gasteiger partial charge >= 0.3 is 11.9 Å². The average molecular weight is 314 g/mol. The summed E-state index contributed by atoms with van der Waals surface area (Å²) < 4.78 is 0. The fourth-order valence-corrected chi connectivity index (χ4v) is 2.52. The van der Waals surface area contributed by atoms with Gasteiger partial charge in [-0.1, -0.05) is 78.1 Å². The molecular formula is C18H34O4. The summed E-state index contributed by atoms with van der Waals surface area (Å²) in [5.41, 5.74) is 0. The summed E-state index contributed by atoms with van der Waals surface area (Å²) in [5.74, 6) is -1.12. The van der Waals surface area contributed by atoms with Crippen LogP contribution in [0.3, 0.4) is 0 Å². The number of rotatable bonds is 13. The molecule has 4 heteroatoms. The Bertz CT molecular complexity index is 289. The fraction of sp³-hybridized carbons (Fsp3) is 0.889. The third-order valence-corrected chi connectivity index (χ3v) is 3.89. The van der Waals surface area contributed by atoms with Gasteiger partial charge in [-0.3, -0.25) is 0 Å². The van der Waals surface area contributed by atoms with E-state index >= 15 is 0 Å². The number of hydrogen-bond acceptors (Lipinski definition) is 4. The van der Waals surface area contributed by atoms with Crippen LogP contribution < -0.4 is 0 Å². The van der Waals surface area contributed by atoms with E-state index < -0.39 is 11.9 Å². The predicted octanol–water partition coefficient (Wildman–Crippen LogP) is 5.34. The first-order valence-electron chi connectivity index (χ1n) is 9.00. The van der Waals surface area contributed by atoms with Crippen molar-refractivity contribution in [2.75, 3.05) is 0 Å². The van der Waals surface area contributed by atoms with Crippen LogP contribution >= 0.6 is 0 Å². The third kappa shape index (κ3) is 12.7. The van der Waals surface area contributed by atoms with Gasteiger partial charge in [-0.05, 0) is 12.8 Å². The van der Waals surface area contributed by atoms with E-state index in [1.807, 2.05) is 0 Å². The van der Waals surface area contributed by atoms with Crippen molar-refractivity contribution in [3.05, 3.63) is 0 Å². The molecule has 130 valence electrons. The molecule has 0 bridgehead atoms. The monoisotopic (exact) mass is 314 g/mol. The van der Waals surface area contributed by atoms with Crippen molar-refractivity contribution >= 4 is 11.9 Å². The molecule has 0 fully saturated rings. The van der Waals surface area contributed by atoms with Gasteiger partial charge in [0.1, 0.15) is 0 Å². The molecule has 0 aliphatic carbocycles. The molecule has 0 radical (unpaired) electrons. The zero-order valence-corrected chi connectivity index (χ0v) is 14.7. The highest BCUT2D eigenvalue weighted by molar-refractivity contribution is 5.73. The summed E-state index contributed by atoms with van der Waals surface area (Å²) in [6.07, 6.45) is 13.7. The Labute approximate surface area is 135 Å². The van der Waals surface area contributed by atoms with Gasteiger partial charge in [-0.25, -0.2) is 19.4 Å². The molecule has 22 heavy (non-hydrogen) atoms. The minimum absolute atomic E-state index is 0.139. The molecule has 0 rings (SSSR count). The van der Waals surface area contributed by atoms with Crippen molar-refractivity contribution in [2.24, 2.45) is 5.92 Å². The highest BCUT2D eigenvalue weighted by Crippen LogP contribution is 2.19. The number of carbonyl (C=O) groups is 2. The van der Waals surface area contributed by atoms with Crippen molar-refractivity contribution in [1.29, 1.82) is 0 Å². The van der Waals surface area contributed by atoms with Crippen molar-refractivity contribution in [3.8, 4) is 0 Å². The lowest BCUT2D eigenvalue weighted by Gasteiger charge is -2.13. The highest BCUT2D eigenvalue weighted by Gasteiger charge is 2.21. The Hall–Kier alpha value is -1.06. The molecule has 0 amide bonds. The SMILES string of the molecule is CCCCCCCCCCC(CCCC)C(=O)OOC(C)=O. The minimum atomic E-state index is -0.588. The van der Waals surface area contributed by atoms with Crippen molar-refractivity contribution < 1.29 is 19.4 Å². The van der Waals surface area contributed by atoms with Crippen LogP contribution in [-0.2, 0) is 19.4 Å². The first-order chi connectivity index (χ1) is 10.6. The Morgan fingerprint density at radius 2 is 1.23 bits per heavy atom. The standard InChI is InChI=1S/C18H34O4/c1-4-6-8-9-10-11-12-13-15-17(14-7-5-2)18(20)22-21-16(3)19/h17H,4-15H2,1-3H3. The number of unbranched alkanes of at least 4 members (excludes halogenated alkanes) is 8. The first kappa shape index (κ1) is 20.9. The maximum absolute atomic E-state index is 11.9. The summed E-state index contributed by atoms with van der Waals surface area (Å²) in [5, 5.41) is 0. The van der Waals surface area contributed by atoms with Crippen LogP contribution in [0.2, 0.25) is 0 Å². The van der Waals surface area contributed by atoms with E-state index in [4.69, 9.17) is 0 Å². The molecule has 0 saturated heterocycles. The molecule has 0 aromatic heterocycles. The van der Waals surface area contributed by atoms with Crippen molar-refractivity contribution in [1.82, 2.24) is 0 Å². The smallest absolute Gasteiger partial charge is 0.248 e. The zero-order valence-electron chi connectivity index (χ0n) is 14.7. The molecule has 0 aromatic rings. The lowest BCUT2D eigenvalue weighted by Crippen LogP contribution is -2.19. The molecule has 0 heterocycles. The summed E-state index contributed by atoms with van der Waals surface area (Å²) in [6, 6.07) is 0. The normalized spacial score (nSPS) is 12.0. The number of hydrogen-bond donors (Lipinski definition) is 0. The molecule has 0 N–H and O–H groups in total. The third-order valence-electron chi connectivity index (χ3n) is 3.89. The Balaban J connectivity index is 3.83. The molecular weight excluding hydrogens is 280 g/mol. The first-order valence-corrected chi connectivity index (χ1v) is 9.00. The summed E-state index contributed by atoms with van der Waals surface area (Å²) >= 11 is 0. The molecule has 1 unspecified atom stereocenters. The van der Waals surface area contributed by atoms with Crippen molar-refractivity contribution in [3.63, 3.8) is 0 Å². The lowest BCUT2D eigenvalue weighted by molar-refractivity contribution is -0.260. The molecule has 0 spiro atoms. The van der Waals surface area contributed by atoms with Gasteiger partial charge in [0, 0.05) is 6.92 Å². The Morgan fingerprint density at radius 3 is 1.77 bits per heavy atom. The Morgan fingerprint density at radius 1 is 0.727 bits per heavy atom. The minimum Gasteiger partial charge on any atom is -0.248 e. The van der Waals surface area contributed by atoms with E-state index in [1.165, 1.54) is 45.4 Å². The van der Waals surface area contributed by atoms with E-state index in [1.54, 1.807) is 0 Å². The molecule has 4 nitrogen and oxygen atoms in total. The van der Waals surface area contributed by atoms with Crippen molar-refractivity contribution in [2.45, 2.75) is 97.8 Å². The van der Waals surface area contributed by atoms with Gasteiger partial charge in [0.15, 0.2) is 0 Å². The van der Waals surface area contributed by atoms with E-state index in [0.29, 0.717) is 0 Å². The van der Waals surface area contributed by atoms with Crippen LogP contribution in [0.25, 0.3) is 0 Å². The second kappa shape index (κ2) is 14.9. The summed E-state index contributed by atoms with van der Waals surface area (Å²) in [7, 11) is 0. The maximum atomic E-state index is 11.9. The van der Waals surface area contributed by atoms with Gasteiger partial charge in [0.2, 0.25) is 0 Å². The van der Waals surface area contributed by atoms with E-state index in [9.17, 15) is 9.59 Å². The average Bonchev–Trinajstić information content (AvgIpc) is 2.50. The van der Waals surface area contributed by atoms with Gasteiger partial charge in [0.25, 0.3) is 0 Å². The second-order valence-electron chi connectivity index (χ2n) is 6.08. The van der Waals surface area contributed by atoms with Gasteiger partial charge in [-0.15, -0.1) is 0 Å². The Kier molecular flexibility index (Phi) is 14.1. The van der Waals surface area contributed by atoms with E-state index in [-0.39, 0.29) is 5.92 Å². The van der Waals surface area contributed by atoms with Crippen LogP contribution in [0.4, 0.5) is 0 Å². The molecule has 1 atom stereocenters. The van der Waals surface area contributed by atoms with Crippen LogP contribution in [0.5, 0.6) is 0 Å².